The van der Waals surface area contributed by atoms with Crippen LogP contribution in [-0.2, 0) is 17.6 Å². The Morgan fingerprint density at radius 3 is 2.81 bits per heavy atom. The summed E-state index contributed by atoms with van der Waals surface area (Å²) in [7, 11) is 1.62. The number of ether oxygens (including phenoxy) is 1. The Hall–Kier alpha value is -2.83. The minimum Gasteiger partial charge on any atom is -0.497 e. The molecule has 2 aromatic heterocycles. The van der Waals surface area contributed by atoms with E-state index in [-0.39, 0.29) is 5.91 Å². The normalized spacial score (nSPS) is 14.2. The van der Waals surface area contributed by atoms with Crippen molar-refractivity contribution < 1.29 is 9.53 Å². The van der Waals surface area contributed by atoms with Crippen LogP contribution in [0.2, 0.25) is 0 Å². The van der Waals surface area contributed by atoms with Crippen molar-refractivity contribution in [1.82, 2.24) is 15.2 Å². The summed E-state index contributed by atoms with van der Waals surface area (Å²) in [6.45, 7) is 1.81. The minimum atomic E-state index is -0.409. The van der Waals surface area contributed by atoms with Crippen molar-refractivity contribution in [3.05, 3.63) is 40.3 Å². The molecule has 3 aromatic rings. The molecule has 1 atom stereocenters. The van der Waals surface area contributed by atoms with Crippen LogP contribution in [0.15, 0.2) is 29.4 Å². The maximum atomic E-state index is 12.8. The van der Waals surface area contributed by atoms with E-state index in [2.05, 4.69) is 26.6 Å². The number of carbonyl (C=O) groups is 1. The van der Waals surface area contributed by atoms with Gasteiger partial charge in [-0.2, -0.15) is 5.26 Å². The van der Waals surface area contributed by atoms with E-state index in [1.807, 2.05) is 31.2 Å². The second-order valence-corrected chi connectivity index (χ2v) is 9.74. The van der Waals surface area contributed by atoms with Crippen LogP contribution < -0.4 is 10.1 Å². The van der Waals surface area contributed by atoms with Gasteiger partial charge < -0.3 is 10.1 Å². The number of H-pyrrole nitrogens is 1. The number of aromatic amines is 1. The molecule has 1 amide bonds. The van der Waals surface area contributed by atoms with E-state index >= 15 is 0 Å². The molecular weight excluding hydrogens is 430 g/mol. The highest BCUT2D eigenvalue weighted by atomic mass is 32.2. The van der Waals surface area contributed by atoms with Gasteiger partial charge in [-0.05, 0) is 62.4 Å². The van der Waals surface area contributed by atoms with Crippen molar-refractivity contribution in [2.45, 2.75) is 49.4 Å². The molecule has 1 aliphatic carbocycles. The number of aromatic nitrogens is 3. The van der Waals surface area contributed by atoms with Gasteiger partial charge in [-0.3, -0.25) is 9.89 Å². The van der Waals surface area contributed by atoms with Crippen LogP contribution in [0.1, 0.15) is 42.2 Å². The number of amides is 1. The molecule has 0 unspecified atom stereocenters. The first-order valence-corrected chi connectivity index (χ1v) is 11.9. The highest BCUT2D eigenvalue weighted by Crippen LogP contribution is 2.37. The van der Waals surface area contributed by atoms with E-state index in [0.717, 1.165) is 42.6 Å². The summed E-state index contributed by atoms with van der Waals surface area (Å²) < 4.78 is 5.17. The van der Waals surface area contributed by atoms with Crippen molar-refractivity contribution in [3.8, 4) is 23.2 Å². The fourth-order valence-corrected chi connectivity index (χ4v) is 5.52. The molecule has 0 aliphatic heterocycles. The molecule has 2 N–H and O–H groups in total. The van der Waals surface area contributed by atoms with Gasteiger partial charge in [-0.25, -0.2) is 4.98 Å². The first-order valence-electron chi connectivity index (χ1n) is 10.2. The predicted molar refractivity (Wildman–Crippen MR) is 123 cm³/mol. The highest BCUT2D eigenvalue weighted by Gasteiger charge is 2.24. The first-order chi connectivity index (χ1) is 15.1. The van der Waals surface area contributed by atoms with E-state index in [1.165, 1.54) is 23.1 Å². The smallest absolute Gasteiger partial charge is 0.238 e. The monoisotopic (exact) mass is 453 g/mol. The molecule has 1 aliphatic rings. The van der Waals surface area contributed by atoms with Gasteiger partial charge in [0.05, 0.1) is 17.9 Å². The summed E-state index contributed by atoms with van der Waals surface area (Å²) >= 11 is 2.82. The average Bonchev–Trinajstić information content (AvgIpc) is 3.30. The van der Waals surface area contributed by atoms with Gasteiger partial charge in [0.2, 0.25) is 11.1 Å². The maximum absolute atomic E-state index is 12.8. The average molecular weight is 454 g/mol. The number of thioether (sulfide) groups is 1. The maximum Gasteiger partial charge on any atom is 0.238 e. The van der Waals surface area contributed by atoms with Crippen molar-refractivity contribution in [1.29, 1.82) is 5.26 Å². The number of anilines is 1. The summed E-state index contributed by atoms with van der Waals surface area (Å²) in [5, 5.41) is 20.5. The third-order valence-electron chi connectivity index (χ3n) is 5.25. The minimum absolute atomic E-state index is 0.159. The van der Waals surface area contributed by atoms with Gasteiger partial charge in [-0.15, -0.1) is 16.4 Å². The summed E-state index contributed by atoms with van der Waals surface area (Å²) in [4.78, 5) is 18.5. The van der Waals surface area contributed by atoms with E-state index in [4.69, 9.17) is 4.74 Å². The SMILES string of the molecule is COc1ccc(-c2nc(S[C@@H](C)C(=O)Nc3sc4c(c3C#N)CCCCC4)n[nH]2)cc1. The topological polar surface area (TPSA) is 104 Å². The molecule has 7 nitrogen and oxygen atoms in total. The van der Waals surface area contributed by atoms with Gasteiger partial charge in [0, 0.05) is 10.4 Å². The number of hydrogen-bond donors (Lipinski definition) is 2. The second-order valence-electron chi connectivity index (χ2n) is 7.32. The summed E-state index contributed by atoms with van der Waals surface area (Å²) in [6, 6.07) is 9.81. The molecule has 2 heterocycles. The number of nitrogens with zero attached hydrogens (tertiary/aromatic N) is 3. The zero-order valence-corrected chi connectivity index (χ0v) is 19.0. The molecule has 0 saturated heterocycles. The Morgan fingerprint density at radius 1 is 1.29 bits per heavy atom. The summed E-state index contributed by atoms with van der Waals surface area (Å²) in [6.07, 6.45) is 5.33. The first kappa shape index (κ1) is 21.4. The van der Waals surface area contributed by atoms with Gasteiger partial charge in [-0.1, -0.05) is 18.2 Å². The van der Waals surface area contributed by atoms with E-state index in [9.17, 15) is 10.1 Å². The predicted octanol–water partition coefficient (Wildman–Crippen LogP) is 4.80. The second kappa shape index (κ2) is 9.54. The lowest BCUT2D eigenvalue weighted by molar-refractivity contribution is -0.115. The highest BCUT2D eigenvalue weighted by molar-refractivity contribution is 8.00. The molecule has 0 fully saturated rings. The molecule has 31 heavy (non-hydrogen) atoms. The number of carbonyl (C=O) groups excluding carboxylic acids is 1. The Kier molecular flexibility index (Phi) is 6.59. The Morgan fingerprint density at radius 2 is 2.06 bits per heavy atom. The van der Waals surface area contributed by atoms with Crippen molar-refractivity contribution >= 4 is 34.0 Å². The van der Waals surface area contributed by atoms with Crippen LogP contribution in [0.5, 0.6) is 5.75 Å². The number of hydrogen-bond acceptors (Lipinski definition) is 7. The molecule has 0 radical (unpaired) electrons. The summed E-state index contributed by atoms with van der Waals surface area (Å²) in [5.41, 5.74) is 2.64. The van der Waals surface area contributed by atoms with E-state index in [0.29, 0.717) is 21.5 Å². The van der Waals surface area contributed by atoms with Crippen LogP contribution in [0, 0.1) is 11.3 Å². The van der Waals surface area contributed by atoms with Crippen molar-refractivity contribution in [3.63, 3.8) is 0 Å². The molecule has 1 aromatic carbocycles. The number of thiophene rings is 1. The zero-order valence-electron chi connectivity index (χ0n) is 17.4. The standard InChI is InChI=1S/C22H23N5O2S2/c1-13(30-22-24-19(26-27-22)14-8-10-15(29-2)11-9-14)20(28)25-21-17(12-23)16-6-4-3-5-7-18(16)31-21/h8-11,13H,3-7H2,1-2H3,(H,25,28)(H,24,26,27)/t13-/m0/s1. The quantitative estimate of drug-likeness (QED) is 0.410. The van der Waals surface area contributed by atoms with Crippen LogP contribution in [0.3, 0.4) is 0 Å². The van der Waals surface area contributed by atoms with Gasteiger partial charge >= 0.3 is 0 Å². The lowest BCUT2D eigenvalue weighted by Crippen LogP contribution is -2.22. The molecule has 0 bridgehead atoms. The number of rotatable bonds is 6. The summed E-state index contributed by atoms with van der Waals surface area (Å²) in [5.74, 6) is 1.24. The van der Waals surface area contributed by atoms with Crippen LogP contribution in [0.25, 0.3) is 11.4 Å². The number of methoxy groups -OCH3 is 1. The third kappa shape index (κ3) is 4.75. The molecular formula is C22H23N5O2S2. The number of fused-ring (bicyclic) bond motifs is 1. The third-order valence-corrected chi connectivity index (χ3v) is 7.42. The van der Waals surface area contributed by atoms with Crippen LogP contribution in [-0.4, -0.2) is 33.4 Å². The van der Waals surface area contributed by atoms with Gasteiger partial charge in [0.15, 0.2) is 5.82 Å². The Balaban J connectivity index is 1.43. The van der Waals surface area contributed by atoms with Gasteiger partial charge in [0.25, 0.3) is 0 Å². The largest absolute Gasteiger partial charge is 0.497 e. The Bertz CT molecular complexity index is 1110. The number of aryl methyl sites for hydroxylation is 1. The molecule has 0 saturated carbocycles. The van der Waals surface area contributed by atoms with Crippen molar-refractivity contribution in [2.24, 2.45) is 0 Å². The fourth-order valence-electron chi connectivity index (χ4n) is 3.55. The molecule has 0 spiro atoms. The van der Waals surface area contributed by atoms with E-state index < -0.39 is 5.25 Å². The number of benzene rings is 1. The number of nitriles is 1. The number of nitrogens with one attached hydrogen (secondary N) is 2. The fraction of sp³-hybridized carbons (Fsp3) is 0.364. The van der Waals surface area contributed by atoms with Gasteiger partial charge in [0.1, 0.15) is 16.8 Å². The van der Waals surface area contributed by atoms with E-state index in [1.54, 1.807) is 18.4 Å². The molecule has 160 valence electrons. The lowest BCUT2D eigenvalue weighted by atomic mass is 10.1. The zero-order chi connectivity index (χ0) is 21.8. The van der Waals surface area contributed by atoms with Crippen molar-refractivity contribution in [2.75, 3.05) is 12.4 Å². The van der Waals surface area contributed by atoms with Crippen LogP contribution >= 0.6 is 23.1 Å². The lowest BCUT2D eigenvalue weighted by Gasteiger charge is -2.09. The Labute approximate surface area is 189 Å². The molecule has 4 rings (SSSR count). The molecule has 9 heteroatoms. The van der Waals surface area contributed by atoms with Crippen LogP contribution in [0.4, 0.5) is 5.00 Å².